The van der Waals surface area contributed by atoms with Gasteiger partial charge in [0, 0.05) is 23.8 Å². The van der Waals surface area contributed by atoms with E-state index in [0.717, 1.165) is 19.4 Å². The molecule has 0 fully saturated rings. The summed E-state index contributed by atoms with van der Waals surface area (Å²) in [5.74, 6) is 0. The summed E-state index contributed by atoms with van der Waals surface area (Å²) in [6, 6.07) is 6.84. The summed E-state index contributed by atoms with van der Waals surface area (Å²) >= 11 is 3.68. The Morgan fingerprint density at radius 3 is 2.85 bits per heavy atom. The summed E-state index contributed by atoms with van der Waals surface area (Å²) in [4.78, 5) is 0. The first kappa shape index (κ1) is 15.3. The standard InChI is InChI=1S/C16H22BrN3/c1-4-7-18-16(9-13-10-19-20(3)11-13)14-8-12(2)5-6-15(14)17/h5-6,8,10-11,16,18H,4,7,9H2,1-3H3. The molecule has 2 aromatic rings. The van der Waals surface area contributed by atoms with E-state index >= 15 is 0 Å². The summed E-state index contributed by atoms with van der Waals surface area (Å²) in [6.45, 7) is 5.35. The van der Waals surface area contributed by atoms with Crippen LogP contribution >= 0.6 is 15.9 Å². The number of hydrogen-bond donors (Lipinski definition) is 1. The van der Waals surface area contributed by atoms with Crippen molar-refractivity contribution in [3.05, 3.63) is 51.8 Å². The predicted octanol–water partition coefficient (Wildman–Crippen LogP) is 3.77. The molecule has 108 valence electrons. The minimum atomic E-state index is 0.313. The maximum absolute atomic E-state index is 4.26. The van der Waals surface area contributed by atoms with E-state index in [1.165, 1.54) is 21.2 Å². The van der Waals surface area contributed by atoms with E-state index in [4.69, 9.17) is 0 Å². The van der Waals surface area contributed by atoms with Crippen molar-refractivity contribution in [3.8, 4) is 0 Å². The molecule has 0 saturated carbocycles. The zero-order valence-corrected chi connectivity index (χ0v) is 13.9. The van der Waals surface area contributed by atoms with Crippen molar-refractivity contribution in [2.75, 3.05) is 6.54 Å². The first-order valence-corrected chi connectivity index (χ1v) is 7.86. The zero-order chi connectivity index (χ0) is 14.5. The third-order valence-electron chi connectivity index (χ3n) is 3.37. The molecule has 0 aliphatic heterocycles. The van der Waals surface area contributed by atoms with Gasteiger partial charge in [-0.05, 0) is 43.5 Å². The van der Waals surface area contributed by atoms with E-state index in [2.05, 4.69) is 64.6 Å². The molecule has 0 bridgehead atoms. The monoisotopic (exact) mass is 335 g/mol. The van der Waals surface area contributed by atoms with Crippen LogP contribution in [0.3, 0.4) is 0 Å². The van der Waals surface area contributed by atoms with E-state index in [-0.39, 0.29) is 0 Å². The zero-order valence-electron chi connectivity index (χ0n) is 12.4. The molecule has 1 aromatic heterocycles. The average molecular weight is 336 g/mol. The summed E-state index contributed by atoms with van der Waals surface area (Å²) in [6.07, 6.45) is 6.12. The minimum absolute atomic E-state index is 0.313. The number of hydrogen-bond acceptors (Lipinski definition) is 2. The molecule has 0 spiro atoms. The van der Waals surface area contributed by atoms with E-state index in [1.54, 1.807) is 0 Å². The lowest BCUT2D eigenvalue weighted by atomic mass is 9.99. The van der Waals surface area contributed by atoms with Crippen molar-refractivity contribution in [3.63, 3.8) is 0 Å². The number of nitrogens with zero attached hydrogens (tertiary/aromatic N) is 2. The Balaban J connectivity index is 2.24. The fourth-order valence-corrected chi connectivity index (χ4v) is 2.88. The van der Waals surface area contributed by atoms with Gasteiger partial charge in [-0.15, -0.1) is 0 Å². The lowest BCUT2D eigenvalue weighted by molar-refractivity contribution is 0.527. The Kier molecular flexibility index (Phi) is 5.38. The lowest BCUT2D eigenvalue weighted by Gasteiger charge is -2.20. The number of benzene rings is 1. The molecule has 1 aromatic carbocycles. The van der Waals surface area contributed by atoms with E-state index in [1.807, 2.05) is 17.9 Å². The normalized spacial score (nSPS) is 12.6. The summed E-state index contributed by atoms with van der Waals surface area (Å²) in [5.41, 5.74) is 3.87. The highest BCUT2D eigenvalue weighted by molar-refractivity contribution is 9.10. The molecular formula is C16H22BrN3. The minimum Gasteiger partial charge on any atom is -0.310 e. The number of rotatable bonds is 6. The summed E-state index contributed by atoms with van der Waals surface area (Å²) < 4.78 is 3.03. The Hall–Kier alpha value is -1.13. The van der Waals surface area contributed by atoms with Crippen molar-refractivity contribution < 1.29 is 0 Å². The second-order valence-electron chi connectivity index (χ2n) is 5.26. The molecule has 3 nitrogen and oxygen atoms in total. The summed E-state index contributed by atoms with van der Waals surface area (Å²) in [5, 5.41) is 7.91. The van der Waals surface area contributed by atoms with Crippen molar-refractivity contribution in [1.29, 1.82) is 0 Å². The maximum Gasteiger partial charge on any atom is 0.0522 e. The van der Waals surface area contributed by atoms with Crippen LogP contribution in [-0.4, -0.2) is 16.3 Å². The summed E-state index contributed by atoms with van der Waals surface area (Å²) in [7, 11) is 1.96. The lowest BCUT2D eigenvalue weighted by Crippen LogP contribution is -2.24. The Bertz CT molecular complexity index is 563. The topological polar surface area (TPSA) is 29.9 Å². The first-order chi connectivity index (χ1) is 9.60. The largest absolute Gasteiger partial charge is 0.310 e. The molecule has 0 aliphatic carbocycles. The van der Waals surface area contributed by atoms with Crippen molar-refractivity contribution >= 4 is 15.9 Å². The number of halogens is 1. The maximum atomic E-state index is 4.26. The quantitative estimate of drug-likeness (QED) is 0.870. The van der Waals surface area contributed by atoms with Gasteiger partial charge in [0.05, 0.1) is 6.20 Å². The van der Waals surface area contributed by atoms with Gasteiger partial charge in [0.25, 0.3) is 0 Å². The molecule has 2 rings (SSSR count). The second-order valence-corrected chi connectivity index (χ2v) is 6.11. The molecule has 1 heterocycles. The highest BCUT2D eigenvalue weighted by Crippen LogP contribution is 2.27. The van der Waals surface area contributed by atoms with Crippen LogP contribution in [-0.2, 0) is 13.5 Å². The van der Waals surface area contributed by atoms with Gasteiger partial charge in [0.15, 0.2) is 0 Å². The van der Waals surface area contributed by atoms with Crippen LogP contribution in [0.25, 0.3) is 0 Å². The van der Waals surface area contributed by atoms with Gasteiger partial charge in [0.2, 0.25) is 0 Å². The number of aromatic nitrogens is 2. The third kappa shape index (κ3) is 3.93. The van der Waals surface area contributed by atoms with Gasteiger partial charge in [-0.1, -0.05) is 40.5 Å². The van der Waals surface area contributed by atoms with Crippen molar-refractivity contribution in [1.82, 2.24) is 15.1 Å². The molecular weight excluding hydrogens is 314 g/mol. The molecule has 0 radical (unpaired) electrons. The second kappa shape index (κ2) is 7.04. The fraction of sp³-hybridized carbons (Fsp3) is 0.438. The average Bonchev–Trinajstić information content (AvgIpc) is 2.83. The van der Waals surface area contributed by atoms with Crippen LogP contribution in [0.4, 0.5) is 0 Å². The van der Waals surface area contributed by atoms with Crippen LogP contribution in [0.1, 0.15) is 36.1 Å². The van der Waals surface area contributed by atoms with E-state index in [0.29, 0.717) is 6.04 Å². The fourth-order valence-electron chi connectivity index (χ4n) is 2.35. The Morgan fingerprint density at radius 1 is 1.40 bits per heavy atom. The van der Waals surface area contributed by atoms with Gasteiger partial charge in [-0.3, -0.25) is 4.68 Å². The number of aryl methyl sites for hydroxylation is 2. The van der Waals surface area contributed by atoms with E-state index in [9.17, 15) is 0 Å². The number of nitrogens with one attached hydrogen (secondary N) is 1. The molecule has 0 aliphatic rings. The molecule has 20 heavy (non-hydrogen) atoms. The van der Waals surface area contributed by atoms with Crippen LogP contribution in [0.15, 0.2) is 35.1 Å². The van der Waals surface area contributed by atoms with Crippen LogP contribution < -0.4 is 5.32 Å². The molecule has 0 saturated heterocycles. The van der Waals surface area contributed by atoms with Gasteiger partial charge < -0.3 is 5.32 Å². The van der Waals surface area contributed by atoms with Crippen molar-refractivity contribution in [2.45, 2.75) is 32.7 Å². The third-order valence-corrected chi connectivity index (χ3v) is 4.09. The predicted molar refractivity (Wildman–Crippen MR) is 86.8 cm³/mol. The highest BCUT2D eigenvalue weighted by atomic mass is 79.9. The van der Waals surface area contributed by atoms with Crippen LogP contribution in [0, 0.1) is 6.92 Å². The first-order valence-electron chi connectivity index (χ1n) is 7.07. The SMILES string of the molecule is CCCNC(Cc1cnn(C)c1)c1cc(C)ccc1Br. The molecule has 1 unspecified atom stereocenters. The Labute approximate surface area is 129 Å². The van der Waals surface area contributed by atoms with Gasteiger partial charge in [0.1, 0.15) is 0 Å². The van der Waals surface area contributed by atoms with Crippen LogP contribution in [0.5, 0.6) is 0 Å². The Morgan fingerprint density at radius 2 is 2.20 bits per heavy atom. The van der Waals surface area contributed by atoms with E-state index < -0.39 is 0 Å². The molecule has 4 heteroatoms. The highest BCUT2D eigenvalue weighted by Gasteiger charge is 2.15. The molecule has 0 amide bonds. The molecule has 1 atom stereocenters. The van der Waals surface area contributed by atoms with Gasteiger partial charge >= 0.3 is 0 Å². The van der Waals surface area contributed by atoms with Crippen molar-refractivity contribution in [2.24, 2.45) is 7.05 Å². The smallest absolute Gasteiger partial charge is 0.0522 e. The van der Waals surface area contributed by atoms with Crippen LogP contribution in [0.2, 0.25) is 0 Å². The van der Waals surface area contributed by atoms with Gasteiger partial charge in [-0.25, -0.2) is 0 Å². The van der Waals surface area contributed by atoms with Gasteiger partial charge in [-0.2, -0.15) is 5.10 Å². The molecule has 1 N–H and O–H groups in total.